The number of hydrogen-bond acceptors (Lipinski definition) is 5. The number of fused-ring (bicyclic) bond motifs is 1. The Kier molecular flexibility index (Phi) is 5.38. The molecule has 4 rings (SSSR count). The fourth-order valence-corrected chi connectivity index (χ4v) is 3.33. The van der Waals surface area contributed by atoms with E-state index in [1.54, 1.807) is 12.4 Å². The summed E-state index contributed by atoms with van der Waals surface area (Å²) in [4.78, 5) is 13.4. The van der Waals surface area contributed by atoms with E-state index in [0.717, 1.165) is 39.9 Å². The molecule has 0 aliphatic heterocycles. The van der Waals surface area contributed by atoms with Crippen LogP contribution in [0.3, 0.4) is 0 Å². The van der Waals surface area contributed by atoms with Gasteiger partial charge in [0.15, 0.2) is 0 Å². The summed E-state index contributed by atoms with van der Waals surface area (Å²) in [5.41, 5.74) is 6.22. The van der Waals surface area contributed by atoms with Crippen molar-refractivity contribution in [1.82, 2.24) is 15.0 Å². The highest BCUT2D eigenvalue weighted by molar-refractivity contribution is 5.94. The number of anilines is 4. The van der Waals surface area contributed by atoms with E-state index in [4.69, 9.17) is 0 Å². The Morgan fingerprint density at radius 2 is 1.52 bits per heavy atom. The zero-order chi connectivity index (χ0) is 20.2. The van der Waals surface area contributed by atoms with Crippen molar-refractivity contribution in [1.29, 1.82) is 0 Å². The molecule has 0 saturated heterocycles. The zero-order valence-corrected chi connectivity index (χ0v) is 17.0. The van der Waals surface area contributed by atoms with Crippen LogP contribution in [0.25, 0.3) is 10.9 Å². The van der Waals surface area contributed by atoms with Gasteiger partial charge in [0.25, 0.3) is 0 Å². The molecule has 0 aliphatic carbocycles. The second-order valence-electron chi connectivity index (χ2n) is 7.67. The van der Waals surface area contributed by atoms with E-state index in [1.807, 2.05) is 31.3 Å². The van der Waals surface area contributed by atoms with E-state index in [9.17, 15) is 0 Å². The number of rotatable bonds is 6. The van der Waals surface area contributed by atoms with E-state index < -0.39 is 0 Å². The molecule has 2 aromatic heterocycles. The Balaban J connectivity index is 1.48. The second kappa shape index (κ2) is 8.27. The van der Waals surface area contributed by atoms with Crippen molar-refractivity contribution in [2.45, 2.75) is 27.2 Å². The molecule has 0 radical (unpaired) electrons. The zero-order valence-electron chi connectivity index (χ0n) is 17.0. The summed E-state index contributed by atoms with van der Waals surface area (Å²) in [6.45, 7) is 6.50. The van der Waals surface area contributed by atoms with Gasteiger partial charge in [-0.15, -0.1) is 0 Å². The molecule has 0 aliphatic rings. The SMILES string of the molecule is Cc1cnc2ccccc2c1Nc1cnc(Nc2ccc(CC(C)C)cc2)nc1. The van der Waals surface area contributed by atoms with Crippen LogP contribution in [0, 0.1) is 12.8 Å². The Bertz CT molecular complexity index is 1100. The molecule has 5 heteroatoms. The quantitative estimate of drug-likeness (QED) is 0.426. The molecule has 0 spiro atoms. The van der Waals surface area contributed by atoms with Crippen molar-refractivity contribution >= 4 is 33.9 Å². The maximum Gasteiger partial charge on any atom is 0.227 e. The van der Waals surface area contributed by atoms with Gasteiger partial charge in [-0.1, -0.05) is 44.2 Å². The lowest BCUT2D eigenvalue weighted by atomic mass is 10.0. The molecule has 4 aromatic rings. The molecule has 0 saturated carbocycles. The lowest BCUT2D eigenvalue weighted by Crippen LogP contribution is -2.00. The van der Waals surface area contributed by atoms with Crippen LogP contribution >= 0.6 is 0 Å². The summed E-state index contributed by atoms with van der Waals surface area (Å²) >= 11 is 0. The predicted molar refractivity (Wildman–Crippen MR) is 120 cm³/mol. The summed E-state index contributed by atoms with van der Waals surface area (Å²) in [7, 11) is 0. The smallest absolute Gasteiger partial charge is 0.227 e. The number of benzene rings is 2. The lowest BCUT2D eigenvalue weighted by Gasteiger charge is -2.12. The third-order valence-corrected chi connectivity index (χ3v) is 4.74. The number of nitrogens with zero attached hydrogens (tertiary/aromatic N) is 3. The van der Waals surface area contributed by atoms with Gasteiger partial charge in [0.1, 0.15) is 0 Å². The van der Waals surface area contributed by atoms with Crippen molar-refractivity contribution in [2.75, 3.05) is 10.6 Å². The summed E-state index contributed by atoms with van der Waals surface area (Å²) in [5, 5.41) is 7.78. The third kappa shape index (κ3) is 4.51. The number of nitrogens with one attached hydrogen (secondary N) is 2. The first-order valence-electron chi connectivity index (χ1n) is 9.88. The molecule has 0 fully saturated rings. The first-order chi connectivity index (χ1) is 14.1. The molecule has 0 bridgehead atoms. The average molecular weight is 383 g/mol. The maximum absolute atomic E-state index is 4.48. The number of para-hydroxylation sites is 1. The fraction of sp³-hybridized carbons (Fsp3) is 0.208. The molecular weight excluding hydrogens is 358 g/mol. The molecule has 2 aromatic carbocycles. The van der Waals surface area contributed by atoms with Gasteiger partial charge in [-0.2, -0.15) is 0 Å². The number of aryl methyl sites for hydroxylation is 1. The van der Waals surface area contributed by atoms with E-state index in [1.165, 1.54) is 5.56 Å². The Hall–Kier alpha value is -3.47. The van der Waals surface area contributed by atoms with Crippen LogP contribution in [-0.2, 0) is 6.42 Å². The van der Waals surface area contributed by atoms with Gasteiger partial charge in [0.05, 0.1) is 29.3 Å². The first kappa shape index (κ1) is 18.9. The van der Waals surface area contributed by atoms with Crippen LogP contribution < -0.4 is 10.6 Å². The normalized spacial score (nSPS) is 11.0. The monoisotopic (exact) mass is 383 g/mol. The average Bonchev–Trinajstić information content (AvgIpc) is 2.72. The van der Waals surface area contributed by atoms with E-state index in [2.05, 4.69) is 69.8 Å². The minimum absolute atomic E-state index is 0.573. The van der Waals surface area contributed by atoms with E-state index in [-0.39, 0.29) is 0 Å². The van der Waals surface area contributed by atoms with Gasteiger partial charge in [-0.05, 0) is 48.6 Å². The molecule has 146 valence electrons. The minimum Gasteiger partial charge on any atom is -0.352 e. The van der Waals surface area contributed by atoms with E-state index in [0.29, 0.717) is 11.9 Å². The van der Waals surface area contributed by atoms with Crippen LogP contribution in [-0.4, -0.2) is 15.0 Å². The molecule has 0 amide bonds. The van der Waals surface area contributed by atoms with Gasteiger partial charge in [0.2, 0.25) is 5.95 Å². The molecule has 0 atom stereocenters. The maximum atomic E-state index is 4.48. The highest BCUT2D eigenvalue weighted by Crippen LogP contribution is 2.28. The number of aromatic nitrogens is 3. The number of pyridine rings is 1. The topological polar surface area (TPSA) is 62.7 Å². The summed E-state index contributed by atoms with van der Waals surface area (Å²) < 4.78 is 0. The Morgan fingerprint density at radius 3 is 2.24 bits per heavy atom. The van der Waals surface area contributed by atoms with Gasteiger partial charge in [-0.25, -0.2) is 9.97 Å². The van der Waals surface area contributed by atoms with Gasteiger partial charge >= 0.3 is 0 Å². The van der Waals surface area contributed by atoms with Crippen molar-refractivity contribution < 1.29 is 0 Å². The Labute approximate surface area is 171 Å². The molecule has 5 nitrogen and oxygen atoms in total. The largest absolute Gasteiger partial charge is 0.352 e. The standard InChI is InChI=1S/C24H25N5/c1-16(2)12-18-8-10-19(11-9-18)29-24-26-14-20(15-27-24)28-23-17(3)13-25-22-7-5-4-6-21(22)23/h4-11,13-16H,12H2,1-3H3,(H,25,28)(H,26,27,29). The molecule has 29 heavy (non-hydrogen) atoms. The number of hydrogen-bond donors (Lipinski definition) is 2. The molecule has 0 unspecified atom stereocenters. The van der Waals surface area contributed by atoms with Crippen molar-refractivity contribution in [2.24, 2.45) is 5.92 Å². The van der Waals surface area contributed by atoms with Crippen LogP contribution in [0.1, 0.15) is 25.0 Å². The van der Waals surface area contributed by atoms with Gasteiger partial charge < -0.3 is 10.6 Å². The minimum atomic E-state index is 0.573. The second-order valence-corrected chi connectivity index (χ2v) is 7.67. The lowest BCUT2D eigenvalue weighted by molar-refractivity contribution is 0.647. The molecule has 2 heterocycles. The van der Waals surface area contributed by atoms with Gasteiger partial charge in [-0.3, -0.25) is 4.98 Å². The first-order valence-corrected chi connectivity index (χ1v) is 9.88. The van der Waals surface area contributed by atoms with Crippen LogP contribution in [0.4, 0.5) is 23.0 Å². The fourth-order valence-electron chi connectivity index (χ4n) is 3.33. The highest BCUT2D eigenvalue weighted by atomic mass is 15.1. The van der Waals surface area contributed by atoms with Crippen LogP contribution in [0.2, 0.25) is 0 Å². The van der Waals surface area contributed by atoms with Gasteiger partial charge in [0, 0.05) is 17.3 Å². The summed E-state index contributed by atoms with van der Waals surface area (Å²) in [5.74, 6) is 1.22. The van der Waals surface area contributed by atoms with Crippen molar-refractivity contribution in [3.63, 3.8) is 0 Å². The predicted octanol–water partition coefficient (Wildman–Crippen LogP) is 6.02. The van der Waals surface area contributed by atoms with E-state index >= 15 is 0 Å². The summed E-state index contributed by atoms with van der Waals surface area (Å²) in [6.07, 6.45) is 6.54. The van der Waals surface area contributed by atoms with Crippen molar-refractivity contribution in [3.05, 3.63) is 78.2 Å². The van der Waals surface area contributed by atoms with Crippen molar-refractivity contribution in [3.8, 4) is 0 Å². The molecule has 2 N–H and O–H groups in total. The van der Waals surface area contributed by atoms with Crippen LogP contribution in [0.15, 0.2) is 67.1 Å². The highest BCUT2D eigenvalue weighted by Gasteiger charge is 2.07. The molecular formula is C24H25N5. The third-order valence-electron chi connectivity index (χ3n) is 4.74. The van der Waals surface area contributed by atoms with Crippen LogP contribution in [0.5, 0.6) is 0 Å². The summed E-state index contributed by atoms with van der Waals surface area (Å²) in [6, 6.07) is 16.5. The Morgan fingerprint density at radius 1 is 0.793 bits per heavy atom.